The summed E-state index contributed by atoms with van der Waals surface area (Å²) in [6, 6.07) is 27.3. The van der Waals surface area contributed by atoms with Gasteiger partial charge >= 0.3 is 0 Å². The molecule has 9 heteroatoms. The van der Waals surface area contributed by atoms with Gasteiger partial charge in [-0.15, -0.1) is 0 Å². The van der Waals surface area contributed by atoms with Crippen LogP contribution in [0.1, 0.15) is 26.3 Å². The number of ether oxygens (including phenoxy) is 1. The van der Waals surface area contributed by atoms with Crippen LogP contribution in [0.25, 0.3) is 0 Å². The summed E-state index contributed by atoms with van der Waals surface area (Å²) in [7, 11) is 0.0486. The van der Waals surface area contributed by atoms with E-state index in [9.17, 15) is 13.8 Å². The summed E-state index contributed by atoms with van der Waals surface area (Å²) in [5.74, 6) is 0.410. The number of halogens is 1. The van der Waals surface area contributed by atoms with Crippen molar-refractivity contribution in [2.45, 2.75) is 16.3 Å². The number of anilines is 2. The Morgan fingerprint density at radius 2 is 1.63 bits per heavy atom. The molecule has 0 aliphatic carbocycles. The molecule has 4 aromatic rings. The number of amides is 2. The fourth-order valence-corrected chi connectivity index (χ4v) is 6.87. The summed E-state index contributed by atoms with van der Waals surface area (Å²) in [6.45, 7) is 2.73. The minimum atomic E-state index is -1.60. The Kier molecular flexibility index (Phi) is 7.51. The van der Waals surface area contributed by atoms with Gasteiger partial charge in [-0.3, -0.25) is 9.59 Å². The lowest BCUT2D eigenvalue weighted by molar-refractivity contribution is 0.0746. The van der Waals surface area contributed by atoms with E-state index in [0.29, 0.717) is 57.8 Å². The summed E-state index contributed by atoms with van der Waals surface area (Å²) in [5, 5.41) is 0.562. The van der Waals surface area contributed by atoms with Gasteiger partial charge in [-0.05, 0) is 72.3 Å². The van der Waals surface area contributed by atoms with E-state index >= 15 is 0 Å². The van der Waals surface area contributed by atoms with Gasteiger partial charge in [-0.2, -0.15) is 0 Å². The van der Waals surface area contributed by atoms with E-state index in [4.69, 9.17) is 16.3 Å². The maximum atomic E-state index is 13.9. The van der Waals surface area contributed by atoms with E-state index in [1.807, 2.05) is 41.3 Å². The average molecular weight is 586 g/mol. The minimum absolute atomic E-state index is 0.120. The Morgan fingerprint density at radius 1 is 0.878 bits per heavy atom. The van der Waals surface area contributed by atoms with Crippen molar-refractivity contribution in [3.05, 3.63) is 113 Å². The van der Waals surface area contributed by atoms with Gasteiger partial charge in [0.1, 0.15) is 5.75 Å². The van der Waals surface area contributed by atoms with Crippen LogP contribution in [0, 0.1) is 0 Å². The highest BCUT2D eigenvalue weighted by atomic mass is 35.5. The van der Waals surface area contributed by atoms with Crippen LogP contribution in [-0.4, -0.2) is 54.2 Å². The Hall–Kier alpha value is -4.14. The number of benzene rings is 4. The van der Waals surface area contributed by atoms with Crippen LogP contribution in [0.3, 0.4) is 0 Å². The summed E-state index contributed by atoms with van der Waals surface area (Å²) in [4.78, 5) is 34.2. The summed E-state index contributed by atoms with van der Waals surface area (Å²) < 4.78 is 19.0. The number of methoxy groups -OCH3 is 1. The monoisotopic (exact) mass is 585 g/mol. The van der Waals surface area contributed by atoms with Gasteiger partial charge in [0.15, 0.2) is 0 Å². The van der Waals surface area contributed by atoms with Crippen molar-refractivity contribution in [3.8, 4) is 5.75 Å². The molecule has 2 aliphatic rings. The van der Waals surface area contributed by atoms with Gasteiger partial charge in [0.2, 0.25) is 0 Å². The molecule has 1 fully saturated rings. The fraction of sp³-hybridized carbons (Fsp3) is 0.188. The van der Waals surface area contributed by atoms with Crippen molar-refractivity contribution in [2.24, 2.45) is 0 Å². The lowest BCUT2D eigenvalue weighted by Gasteiger charge is -2.36. The third kappa shape index (κ3) is 5.33. The molecule has 0 saturated carbocycles. The van der Waals surface area contributed by atoms with Gasteiger partial charge in [-0.1, -0.05) is 35.9 Å². The van der Waals surface area contributed by atoms with E-state index in [-0.39, 0.29) is 18.4 Å². The lowest BCUT2D eigenvalue weighted by atomic mass is 10.1. The molecule has 208 valence electrons. The highest BCUT2D eigenvalue weighted by Crippen LogP contribution is 2.36. The quantitative estimate of drug-likeness (QED) is 0.303. The maximum Gasteiger partial charge on any atom is 0.259 e. The van der Waals surface area contributed by atoms with Crippen LogP contribution in [-0.2, 0) is 17.3 Å². The number of piperazine rings is 1. The number of carbonyl (C=O) groups excluding carboxylic acids is 2. The number of nitrogens with zero attached hydrogens (tertiary/aromatic N) is 3. The molecule has 2 aliphatic heterocycles. The van der Waals surface area contributed by atoms with Crippen molar-refractivity contribution >= 4 is 45.6 Å². The standard InChI is InChI=1S/C32H28ClN3O4S/c1-40-26-12-10-25(11-13-26)34-15-17-35(18-16-34)31(37)23-9-14-30-28(20-23)36(21-22-5-4-6-24(33)19-22)32(38)27-7-2-3-8-29(27)41(30)39/h2-14,19-20H,15-18,21H2,1H3/t41-/m1/s1. The molecule has 7 nitrogen and oxygen atoms in total. The van der Waals surface area contributed by atoms with Crippen molar-refractivity contribution in [1.29, 1.82) is 0 Å². The number of fused-ring (bicyclic) bond motifs is 2. The van der Waals surface area contributed by atoms with Crippen molar-refractivity contribution in [3.63, 3.8) is 0 Å². The zero-order valence-electron chi connectivity index (χ0n) is 22.5. The van der Waals surface area contributed by atoms with Crippen LogP contribution >= 0.6 is 11.6 Å². The van der Waals surface area contributed by atoms with Crippen molar-refractivity contribution in [2.75, 3.05) is 43.1 Å². The number of hydrogen-bond donors (Lipinski definition) is 0. The Balaban J connectivity index is 1.29. The summed E-state index contributed by atoms with van der Waals surface area (Å²) in [5.41, 5.74) is 3.21. The highest BCUT2D eigenvalue weighted by molar-refractivity contribution is 7.85. The molecule has 2 amide bonds. The molecular formula is C32H28ClN3O4S. The lowest BCUT2D eigenvalue weighted by Crippen LogP contribution is -2.48. The van der Waals surface area contributed by atoms with E-state index in [1.54, 1.807) is 66.6 Å². The first kappa shape index (κ1) is 27.1. The normalized spacial score (nSPS) is 16.6. The van der Waals surface area contributed by atoms with Crippen LogP contribution in [0.2, 0.25) is 5.02 Å². The first-order valence-corrected chi connectivity index (χ1v) is 14.8. The first-order valence-electron chi connectivity index (χ1n) is 13.3. The number of rotatable bonds is 5. The van der Waals surface area contributed by atoms with Gasteiger partial charge in [0.05, 0.1) is 45.5 Å². The highest BCUT2D eigenvalue weighted by Gasteiger charge is 2.32. The topological polar surface area (TPSA) is 70.2 Å². The van der Waals surface area contributed by atoms with Gasteiger partial charge in [-0.25, -0.2) is 4.21 Å². The molecule has 4 aromatic carbocycles. The second-order valence-corrected chi connectivity index (χ2v) is 11.8. The zero-order valence-corrected chi connectivity index (χ0v) is 24.0. The second-order valence-electron chi connectivity index (χ2n) is 9.95. The van der Waals surface area contributed by atoms with Gasteiger partial charge < -0.3 is 19.4 Å². The Morgan fingerprint density at radius 3 is 2.37 bits per heavy atom. The second kappa shape index (κ2) is 11.4. The van der Waals surface area contributed by atoms with E-state index < -0.39 is 10.8 Å². The third-order valence-corrected chi connectivity index (χ3v) is 9.23. The predicted molar refractivity (Wildman–Crippen MR) is 161 cm³/mol. The summed E-state index contributed by atoms with van der Waals surface area (Å²) in [6.07, 6.45) is 0. The predicted octanol–water partition coefficient (Wildman–Crippen LogP) is 5.64. The molecule has 6 rings (SSSR count). The molecule has 0 aromatic heterocycles. The maximum absolute atomic E-state index is 13.9. The van der Waals surface area contributed by atoms with Gasteiger partial charge in [0, 0.05) is 42.5 Å². The Labute approximate surface area is 246 Å². The zero-order chi connectivity index (χ0) is 28.5. The molecule has 0 N–H and O–H groups in total. The number of hydrogen-bond acceptors (Lipinski definition) is 5. The van der Waals surface area contributed by atoms with Crippen molar-refractivity contribution in [1.82, 2.24) is 4.90 Å². The molecular weight excluding hydrogens is 558 g/mol. The van der Waals surface area contributed by atoms with E-state index in [1.165, 1.54) is 0 Å². The molecule has 0 spiro atoms. The Bertz CT molecular complexity index is 1650. The molecule has 0 bridgehead atoms. The SMILES string of the molecule is COc1ccc(N2CCN(C(=O)c3ccc4c(c3)N(Cc3cccc(Cl)c3)C(=O)c3ccccc3[S@]4=O)CC2)cc1. The largest absolute Gasteiger partial charge is 0.497 e. The molecule has 1 saturated heterocycles. The van der Waals surface area contributed by atoms with Crippen LogP contribution < -0.4 is 14.5 Å². The number of carbonyl (C=O) groups is 2. The fourth-order valence-electron chi connectivity index (χ4n) is 5.31. The minimum Gasteiger partial charge on any atom is -0.497 e. The van der Waals surface area contributed by atoms with Crippen molar-refractivity contribution < 1.29 is 18.5 Å². The van der Waals surface area contributed by atoms with E-state index in [0.717, 1.165) is 17.0 Å². The molecule has 0 radical (unpaired) electrons. The van der Waals surface area contributed by atoms with Crippen LogP contribution in [0.4, 0.5) is 11.4 Å². The van der Waals surface area contributed by atoms with Crippen LogP contribution in [0.5, 0.6) is 5.75 Å². The van der Waals surface area contributed by atoms with Crippen LogP contribution in [0.15, 0.2) is 101 Å². The van der Waals surface area contributed by atoms with E-state index in [2.05, 4.69) is 4.90 Å². The average Bonchev–Trinajstić information content (AvgIpc) is 3.10. The first-order chi connectivity index (χ1) is 19.9. The molecule has 0 unspecified atom stereocenters. The molecule has 1 atom stereocenters. The summed E-state index contributed by atoms with van der Waals surface area (Å²) >= 11 is 6.24. The van der Waals surface area contributed by atoms with Gasteiger partial charge in [0.25, 0.3) is 11.8 Å². The smallest absolute Gasteiger partial charge is 0.259 e. The molecule has 41 heavy (non-hydrogen) atoms. The molecule has 2 heterocycles. The third-order valence-electron chi connectivity index (χ3n) is 7.49.